The summed E-state index contributed by atoms with van der Waals surface area (Å²) in [5.74, 6) is 1.10. The molecule has 82 valence electrons. The van der Waals surface area contributed by atoms with Crippen LogP contribution in [0.5, 0.6) is 0 Å². The van der Waals surface area contributed by atoms with Gasteiger partial charge >= 0.3 is 0 Å². The SMILES string of the molecule is NCCC1(CSc2ncccc2Cl)CC1. The Bertz CT molecular complexity index is 339. The van der Waals surface area contributed by atoms with Crippen molar-refractivity contribution >= 4 is 23.4 Å². The first-order valence-electron chi connectivity index (χ1n) is 5.19. The first-order chi connectivity index (χ1) is 7.26. The standard InChI is InChI=1S/C11H15ClN2S/c12-9-2-1-7-14-10(9)15-8-11(3-4-11)5-6-13/h1-2,7H,3-6,8,13H2. The topological polar surface area (TPSA) is 38.9 Å². The van der Waals surface area contributed by atoms with Crippen LogP contribution in [0.3, 0.4) is 0 Å². The van der Waals surface area contributed by atoms with Crippen molar-refractivity contribution in [3.63, 3.8) is 0 Å². The van der Waals surface area contributed by atoms with Crippen LogP contribution in [0.2, 0.25) is 5.02 Å². The predicted molar refractivity (Wildman–Crippen MR) is 65.3 cm³/mol. The number of rotatable bonds is 5. The van der Waals surface area contributed by atoms with Crippen molar-refractivity contribution in [2.75, 3.05) is 12.3 Å². The van der Waals surface area contributed by atoms with E-state index in [1.807, 2.05) is 12.1 Å². The number of hydrogen-bond acceptors (Lipinski definition) is 3. The van der Waals surface area contributed by atoms with Gasteiger partial charge in [-0.1, -0.05) is 11.6 Å². The van der Waals surface area contributed by atoms with Crippen molar-refractivity contribution in [1.82, 2.24) is 4.98 Å². The molecule has 0 radical (unpaired) electrons. The molecule has 1 heterocycles. The van der Waals surface area contributed by atoms with Gasteiger partial charge in [0.1, 0.15) is 5.03 Å². The van der Waals surface area contributed by atoms with E-state index in [-0.39, 0.29) is 0 Å². The molecule has 1 aliphatic carbocycles. The Morgan fingerprint density at radius 1 is 1.53 bits per heavy atom. The van der Waals surface area contributed by atoms with E-state index in [9.17, 15) is 0 Å². The summed E-state index contributed by atoms with van der Waals surface area (Å²) in [6.45, 7) is 0.788. The van der Waals surface area contributed by atoms with Gasteiger partial charge in [0.2, 0.25) is 0 Å². The van der Waals surface area contributed by atoms with Crippen LogP contribution in [0.25, 0.3) is 0 Å². The fourth-order valence-electron chi connectivity index (χ4n) is 1.65. The summed E-state index contributed by atoms with van der Waals surface area (Å²) in [6.07, 6.45) is 5.53. The largest absolute Gasteiger partial charge is 0.330 e. The summed E-state index contributed by atoms with van der Waals surface area (Å²) in [6, 6.07) is 3.75. The van der Waals surface area contributed by atoms with Crippen LogP contribution in [-0.4, -0.2) is 17.3 Å². The number of pyridine rings is 1. The van der Waals surface area contributed by atoms with Gasteiger partial charge in [0.25, 0.3) is 0 Å². The lowest BCUT2D eigenvalue weighted by molar-refractivity contribution is 0.537. The number of nitrogens with zero attached hydrogens (tertiary/aromatic N) is 1. The average Bonchev–Trinajstić information content (AvgIpc) is 2.98. The summed E-state index contributed by atoms with van der Waals surface area (Å²) in [5, 5.41) is 1.70. The minimum Gasteiger partial charge on any atom is -0.330 e. The molecule has 0 unspecified atom stereocenters. The highest BCUT2D eigenvalue weighted by molar-refractivity contribution is 7.99. The number of hydrogen-bond donors (Lipinski definition) is 1. The minimum atomic E-state index is 0.486. The van der Waals surface area contributed by atoms with Crippen molar-refractivity contribution in [2.24, 2.45) is 11.1 Å². The maximum absolute atomic E-state index is 6.04. The van der Waals surface area contributed by atoms with Gasteiger partial charge < -0.3 is 5.73 Å². The van der Waals surface area contributed by atoms with E-state index in [1.165, 1.54) is 12.8 Å². The molecule has 1 aromatic rings. The van der Waals surface area contributed by atoms with E-state index in [0.29, 0.717) is 5.41 Å². The lowest BCUT2D eigenvalue weighted by atomic mass is 10.1. The molecule has 1 aliphatic rings. The molecule has 4 heteroatoms. The normalized spacial score (nSPS) is 17.7. The van der Waals surface area contributed by atoms with Crippen molar-refractivity contribution in [2.45, 2.75) is 24.3 Å². The molecule has 0 bridgehead atoms. The van der Waals surface area contributed by atoms with E-state index in [1.54, 1.807) is 18.0 Å². The second kappa shape index (κ2) is 4.73. The van der Waals surface area contributed by atoms with Gasteiger partial charge in [0.15, 0.2) is 0 Å². The smallest absolute Gasteiger partial charge is 0.115 e. The summed E-state index contributed by atoms with van der Waals surface area (Å²) in [7, 11) is 0. The Morgan fingerprint density at radius 3 is 2.93 bits per heavy atom. The van der Waals surface area contributed by atoms with E-state index in [2.05, 4.69) is 4.98 Å². The third kappa shape index (κ3) is 2.86. The maximum Gasteiger partial charge on any atom is 0.115 e. The summed E-state index contributed by atoms with van der Waals surface area (Å²) in [4.78, 5) is 4.27. The summed E-state index contributed by atoms with van der Waals surface area (Å²) >= 11 is 7.80. The van der Waals surface area contributed by atoms with Gasteiger partial charge in [-0.15, -0.1) is 11.8 Å². The number of nitrogens with two attached hydrogens (primary N) is 1. The monoisotopic (exact) mass is 242 g/mol. The predicted octanol–water partition coefficient (Wildman–Crippen LogP) is 2.96. The fraction of sp³-hybridized carbons (Fsp3) is 0.545. The molecule has 2 nitrogen and oxygen atoms in total. The van der Waals surface area contributed by atoms with Crippen LogP contribution >= 0.6 is 23.4 Å². The molecule has 0 spiro atoms. The average molecular weight is 243 g/mol. The van der Waals surface area contributed by atoms with Crippen LogP contribution in [0.15, 0.2) is 23.4 Å². The van der Waals surface area contributed by atoms with Crippen LogP contribution in [0, 0.1) is 5.41 Å². The molecule has 1 aromatic heterocycles. The van der Waals surface area contributed by atoms with Crippen molar-refractivity contribution in [3.05, 3.63) is 23.4 Å². The minimum absolute atomic E-state index is 0.486. The van der Waals surface area contributed by atoms with E-state index >= 15 is 0 Å². The third-order valence-electron chi connectivity index (χ3n) is 2.87. The highest BCUT2D eigenvalue weighted by Crippen LogP contribution is 2.51. The van der Waals surface area contributed by atoms with Gasteiger partial charge in [0.05, 0.1) is 5.02 Å². The third-order valence-corrected chi connectivity index (χ3v) is 4.64. The highest BCUT2D eigenvalue weighted by atomic mass is 35.5. The molecule has 15 heavy (non-hydrogen) atoms. The molecule has 0 amide bonds. The molecule has 1 saturated carbocycles. The number of halogens is 1. The van der Waals surface area contributed by atoms with Gasteiger partial charge in [-0.2, -0.15) is 0 Å². The van der Waals surface area contributed by atoms with E-state index in [4.69, 9.17) is 17.3 Å². The Kier molecular flexibility index (Phi) is 3.54. The summed E-state index contributed by atoms with van der Waals surface area (Å²) < 4.78 is 0. The van der Waals surface area contributed by atoms with Crippen LogP contribution in [0.4, 0.5) is 0 Å². The molecule has 0 saturated heterocycles. The first-order valence-corrected chi connectivity index (χ1v) is 6.55. The van der Waals surface area contributed by atoms with Crippen molar-refractivity contribution in [3.8, 4) is 0 Å². The second-order valence-corrected chi connectivity index (χ2v) is 5.49. The maximum atomic E-state index is 6.04. The van der Waals surface area contributed by atoms with Gasteiger partial charge in [-0.05, 0) is 43.4 Å². The van der Waals surface area contributed by atoms with Crippen LogP contribution < -0.4 is 5.73 Å². The Morgan fingerprint density at radius 2 is 2.33 bits per heavy atom. The van der Waals surface area contributed by atoms with Crippen LogP contribution in [0.1, 0.15) is 19.3 Å². The molecule has 2 N–H and O–H groups in total. The lowest BCUT2D eigenvalue weighted by Crippen LogP contribution is -2.11. The van der Waals surface area contributed by atoms with Crippen molar-refractivity contribution < 1.29 is 0 Å². The van der Waals surface area contributed by atoms with Gasteiger partial charge in [0, 0.05) is 11.9 Å². The zero-order valence-electron chi connectivity index (χ0n) is 8.58. The van der Waals surface area contributed by atoms with Gasteiger partial charge in [-0.25, -0.2) is 4.98 Å². The zero-order chi connectivity index (χ0) is 10.7. The molecule has 1 fully saturated rings. The molecular weight excluding hydrogens is 228 g/mol. The zero-order valence-corrected chi connectivity index (χ0v) is 10.2. The highest BCUT2D eigenvalue weighted by Gasteiger charge is 2.41. The molecule has 0 aromatic carbocycles. The van der Waals surface area contributed by atoms with Crippen LogP contribution in [-0.2, 0) is 0 Å². The molecule has 0 atom stereocenters. The number of thioether (sulfide) groups is 1. The van der Waals surface area contributed by atoms with E-state index in [0.717, 1.165) is 28.8 Å². The molecule has 0 aliphatic heterocycles. The Labute approximate surface area is 99.6 Å². The quantitative estimate of drug-likeness (QED) is 0.807. The lowest BCUT2D eigenvalue weighted by Gasteiger charge is -2.12. The summed E-state index contributed by atoms with van der Waals surface area (Å²) in [5.41, 5.74) is 6.09. The number of aromatic nitrogens is 1. The van der Waals surface area contributed by atoms with Crippen molar-refractivity contribution in [1.29, 1.82) is 0 Å². The second-order valence-electron chi connectivity index (χ2n) is 4.12. The first kappa shape index (κ1) is 11.2. The fourth-order valence-corrected chi connectivity index (χ4v) is 3.15. The Hall–Kier alpha value is -0.250. The molecular formula is C11H15ClN2S. The van der Waals surface area contributed by atoms with Gasteiger partial charge in [-0.3, -0.25) is 0 Å². The molecule has 2 rings (SSSR count). The Balaban J connectivity index is 1.91. The van der Waals surface area contributed by atoms with E-state index < -0.39 is 0 Å².